The third-order valence-electron chi connectivity index (χ3n) is 3.92. The number of nitro groups is 1. The number of pyridine rings is 2. The van der Waals surface area contributed by atoms with Crippen molar-refractivity contribution in [1.82, 2.24) is 9.97 Å². The minimum Gasteiger partial charge on any atom is -0.359 e. The number of anilines is 1. The van der Waals surface area contributed by atoms with E-state index < -0.39 is 4.92 Å². The zero-order valence-corrected chi connectivity index (χ0v) is 13.9. The lowest BCUT2D eigenvalue weighted by molar-refractivity contribution is -0.384. The van der Waals surface area contributed by atoms with E-state index in [2.05, 4.69) is 9.97 Å². The molecule has 1 aromatic carbocycles. The van der Waals surface area contributed by atoms with E-state index in [9.17, 15) is 10.1 Å². The van der Waals surface area contributed by atoms with Crippen molar-refractivity contribution in [2.75, 3.05) is 18.5 Å². The SMILES string of the molecule is CN(CCc1ccccn1)c1ccc([N+](=O)[O-])c(-c2ccccc2)n1. The number of nitrogens with zero attached hydrogens (tertiary/aromatic N) is 4. The fourth-order valence-electron chi connectivity index (χ4n) is 2.55. The summed E-state index contributed by atoms with van der Waals surface area (Å²) >= 11 is 0. The molecule has 3 rings (SSSR count). The highest BCUT2D eigenvalue weighted by atomic mass is 16.6. The maximum atomic E-state index is 11.3. The summed E-state index contributed by atoms with van der Waals surface area (Å²) in [4.78, 5) is 21.8. The predicted octanol–water partition coefficient (Wildman–Crippen LogP) is 3.73. The van der Waals surface area contributed by atoms with Crippen molar-refractivity contribution in [3.8, 4) is 11.3 Å². The van der Waals surface area contributed by atoms with Gasteiger partial charge < -0.3 is 4.90 Å². The van der Waals surface area contributed by atoms with Gasteiger partial charge in [0.1, 0.15) is 5.82 Å². The molecule has 0 amide bonds. The summed E-state index contributed by atoms with van der Waals surface area (Å²) in [7, 11) is 1.92. The van der Waals surface area contributed by atoms with Crippen LogP contribution in [0.25, 0.3) is 11.3 Å². The second-order valence-corrected chi connectivity index (χ2v) is 5.65. The van der Waals surface area contributed by atoms with Gasteiger partial charge in [0, 0.05) is 43.5 Å². The molecule has 25 heavy (non-hydrogen) atoms. The molecule has 6 heteroatoms. The van der Waals surface area contributed by atoms with Gasteiger partial charge in [0.05, 0.1) is 4.92 Å². The lowest BCUT2D eigenvalue weighted by atomic mass is 10.1. The zero-order valence-electron chi connectivity index (χ0n) is 13.9. The Kier molecular flexibility index (Phi) is 4.99. The highest BCUT2D eigenvalue weighted by Gasteiger charge is 2.18. The highest BCUT2D eigenvalue weighted by Crippen LogP contribution is 2.29. The standard InChI is InChI=1S/C19H18N4O2/c1-22(14-12-16-9-5-6-13-20-16)18-11-10-17(23(24)25)19(21-18)15-7-3-2-4-8-15/h2-11,13H,12,14H2,1H3. The van der Waals surface area contributed by atoms with Crippen molar-refractivity contribution >= 4 is 11.5 Å². The fourth-order valence-corrected chi connectivity index (χ4v) is 2.55. The molecule has 0 saturated carbocycles. The summed E-state index contributed by atoms with van der Waals surface area (Å²) in [5, 5.41) is 11.3. The monoisotopic (exact) mass is 334 g/mol. The topological polar surface area (TPSA) is 72.2 Å². The average Bonchev–Trinajstić information content (AvgIpc) is 2.67. The molecular formula is C19H18N4O2. The second kappa shape index (κ2) is 7.53. The molecule has 0 aliphatic rings. The molecule has 0 fully saturated rings. The van der Waals surface area contributed by atoms with Gasteiger partial charge in [-0.25, -0.2) is 4.98 Å². The van der Waals surface area contributed by atoms with Gasteiger partial charge in [-0.1, -0.05) is 36.4 Å². The number of rotatable bonds is 6. The maximum absolute atomic E-state index is 11.3. The highest BCUT2D eigenvalue weighted by molar-refractivity contribution is 5.71. The molecule has 0 aliphatic heterocycles. The Bertz CT molecular complexity index is 854. The molecule has 0 unspecified atom stereocenters. The summed E-state index contributed by atoms with van der Waals surface area (Å²) in [6.07, 6.45) is 2.55. The van der Waals surface area contributed by atoms with Crippen LogP contribution in [-0.2, 0) is 6.42 Å². The molecule has 0 bridgehead atoms. The van der Waals surface area contributed by atoms with Crippen molar-refractivity contribution in [2.45, 2.75) is 6.42 Å². The smallest absolute Gasteiger partial charge is 0.295 e. The minimum absolute atomic E-state index is 0.00748. The summed E-state index contributed by atoms with van der Waals surface area (Å²) < 4.78 is 0. The summed E-state index contributed by atoms with van der Waals surface area (Å²) in [5.74, 6) is 0.695. The number of hydrogen-bond acceptors (Lipinski definition) is 5. The van der Waals surface area contributed by atoms with Crippen LogP contribution in [0.3, 0.4) is 0 Å². The second-order valence-electron chi connectivity index (χ2n) is 5.65. The molecule has 2 heterocycles. The fraction of sp³-hybridized carbons (Fsp3) is 0.158. The Morgan fingerprint density at radius 3 is 2.48 bits per heavy atom. The Labute approximate surface area is 145 Å². The van der Waals surface area contributed by atoms with Gasteiger partial charge in [0.2, 0.25) is 0 Å². The summed E-state index contributed by atoms with van der Waals surface area (Å²) in [5.41, 5.74) is 2.12. The van der Waals surface area contributed by atoms with Crippen LogP contribution in [0.4, 0.5) is 11.5 Å². The third-order valence-corrected chi connectivity index (χ3v) is 3.92. The van der Waals surface area contributed by atoms with Gasteiger partial charge in [-0.3, -0.25) is 15.1 Å². The first-order valence-corrected chi connectivity index (χ1v) is 7.97. The molecule has 0 spiro atoms. The van der Waals surface area contributed by atoms with Gasteiger partial charge in [-0.2, -0.15) is 0 Å². The lowest BCUT2D eigenvalue weighted by Crippen LogP contribution is -2.22. The van der Waals surface area contributed by atoms with Crippen molar-refractivity contribution in [2.24, 2.45) is 0 Å². The van der Waals surface area contributed by atoms with Crippen LogP contribution in [0.1, 0.15) is 5.69 Å². The average molecular weight is 334 g/mol. The summed E-state index contributed by atoms with van der Waals surface area (Å²) in [6.45, 7) is 0.718. The normalized spacial score (nSPS) is 10.4. The Morgan fingerprint density at radius 1 is 1.04 bits per heavy atom. The van der Waals surface area contributed by atoms with Crippen molar-refractivity contribution in [3.63, 3.8) is 0 Å². The van der Waals surface area contributed by atoms with Crippen LogP contribution < -0.4 is 4.90 Å². The molecule has 6 nitrogen and oxygen atoms in total. The Hall–Kier alpha value is -3.28. The first-order chi connectivity index (χ1) is 12.1. The van der Waals surface area contributed by atoms with E-state index in [1.165, 1.54) is 6.07 Å². The molecule has 2 aromatic heterocycles. The van der Waals surface area contributed by atoms with E-state index in [0.29, 0.717) is 11.5 Å². The van der Waals surface area contributed by atoms with Crippen LogP contribution in [0.15, 0.2) is 66.9 Å². The van der Waals surface area contributed by atoms with Crippen molar-refractivity contribution < 1.29 is 4.92 Å². The first-order valence-electron chi connectivity index (χ1n) is 7.97. The molecule has 0 N–H and O–H groups in total. The quantitative estimate of drug-likeness (QED) is 0.507. The number of benzene rings is 1. The van der Waals surface area contributed by atoms with Crippen LogP contribution in [-0.4, -0.2) is 28.5 Å². The molecular weight excluding hydrogens is 316 g/mol. The molecule has 0 saturated heterocycles. The van der Waals surface area contributed by atoms with Gasteiger partial charge in [0.25, 0.3) is 5.69 Å². The van der Waals surface area contributed by atoms with Gasteiger partial charge in [-0.15, -0.1) is 0 Å². The molecule has 0 aliphatic carbocycles. The summed E-state index contributed by atoms with van der Waals surface area (Å²) in [6, 6.07) is 18.2. The Morgan fingerprint density at radius 2 is 1.80 bits per heavy atom. The van der Waals surface area contributed by atoms with Gasteiger partial charge in [-0.05, 0) is 18.2 Å². The van der Waals surface area contributed by atoms with Crippen LogP contribution in [0.5, 0.6) is 0 Å². The van der Waals surface area contributed by atoms with Gasteiger partial charge in [0.15, 0.2) is 5.69 Å². The van der Waals surface area contributed by atoms with Crippen molar-refractivity contribution in [3.05, 3.63) is 82.7 Å². The largest absolute Gasteiger partial charge is 0.359 e. The molecule has 126 valence electrons. The Balaban J connectivity index is 1.85. The van der Waals surface area contributed by atoms with Crippen LogP contribution in [0, 0.1) is 10.1 Å². The molecule has 0 atom stereocenters. The maximum Gasteiger partial charge on any atom is 0.295 e. The number of aromatic nitrogens is 2. The number of likely N-dealkylation sites (N-methyl/N-ethyl adjacent to an activating group) is 1. The van der Waals surface area contributed by atoms with E-state index in [-0.39, 0.29) is 5.69 Å². The van der Waals surface area contributed by atoms with Crippen LogP contribution >= 0.6 is 0 Å². The van der Waals surface area contributed by atoms with Crippen LogP contribution in [0.2, 0.25) is 0 Å². The zero-order chi connectivity index (χ0) is 17.6. The van der Waals surface area contributed by atoms with E-state index in [4.69, 9.17) is 0 Å². The predicted molar refractivity (Wildman–Crippen MR) is 97.5 cm³/mol. The molecule has 0 radical (unpaired) electrons. The van der Waals surface area contributed by atoms with E-state index in [1.807, 2.05) is 60.5 Å². The first kappa shape index (κ1) is 16.6. The van der Waals surface area contributed by atoms with E-state index in [1.54, 1.807) is 12.3 Å². The van der Waals surface area contributed by atoms with Gasteiger partial charge >= 0.3 is 0 Å². The van der Waals surface area contributed by atoms with E-state index >= 15 is 0 Å². The van der Waals surface area contributed by atoms with E-state index in [0.717, 1.165) is 24.2 Å². The molecule has 3 aromatic rings. The lowest BCUT2D eigenvalue weighted by Gasteiger charge is -2.18. The van der Waals surface area contributed by atoms with Crippen molar-refractivity contribution in [1.29, 1.82) is 0 Å². The number of hydrogen-bond donors (Lipinski definition) is 0. The third kappa shape index (κ3) is 3.98. The minimum atomic E-state index is -0.396.